The van der Waals surface area contributed by atoms with Crippen molar-refractivity contribution in [2.45, 2.75) is 19.8 Å². The summed E-state index contributed by atoms with van der Waals surface area (Å²) in [6.45, 7) is 2.30. The fraction of sp³-hybridized carbons (Fsp3) is 0.778. The fourth-order valence-electron chi connectivity index (χ4n) is 1.68. The van der Waals surface area contributed by atoms with Gasteiger partial charge in [0.2, 0.25) is 5.91 Å². The van der Waals surface area contributed by atoms with Crippen LogP contribution in [0.15, 0.2) is 0 Å². The highest BCUT2D eigenvalue weighted by Crippen LogP contribution is 2.33. The minimum atomic E-state index is -1.50. The molecule has 80 valence electrons. The summed E-state index contributed by atoms with van der Waals surface area (Å²) in [4.78, 5) is 22.2. The van der Waals surface area contributed by atoms with Crippen LogP contribution in [0, 0.1) is 11.3 Å². The molecular formula is C9H15NO4. The molecule has 0 saturated carbocycles. The van der Waals surface area contributed by atoms with Crippen molar-refractivity contribution < 1.29 is 19.4 Å². The summed E-state index contributed by atoms with van der Waals surface area (Å²) >= 11 is 0. The average Bonchev–Trinajstić information content (AvgIpc) is 2.17. The zero-order valence-electron chi connectivity index (χ0n) is 8.16. The van der Waals surface area contributed by atoms with Gasteiger partial charge in [0.1, 0.15) is 5.41 Å². The Balaban J connectivity index is 2.86. The predicted molar refractivity (Wildman–Crippen MR) is 48.5 cm³/mol. The lowest BCUT2D eigenvalue weighted by Crippen LogP contribution is -2.49. The number of ether oxygens (including phenoxy) is 1. The monoisotopic (exact) mass is 201 g/mol. The van der Waals surface area contributed by atoms with Gasteiger partial charge in [0.15, 0.2) is 0 Å². The maximum atomic E-state index is 11.1. The standard InChI is InChI=1S/C9H15NO4/c1-9(7(10)11,8(12)13)6-3-2-4-14-5-6/h6H,2-5H2,1H3,(H2,10,11)(H,12,13). The lowest BCUT2D eigenvalue weighted by atomic mass is 9.74. The second-order valence-electron chi connectivity index (χ2n) is 3.79. The molecule has 14 heavy (non-hydrogen) atoms. The molecule has 5 heteroatoms. The van der Waals surface area contributed by atoms with Crippen molar-refractivity contribution in [3.05, 3.63) is 0 Å². The summed E-state index contributed by atoms with van der Waals surface area (Å²) in [5, 5.41) is 9.00. The van der Waals surface area contributed by atoms with Gasteiger partial charge >= 0.3 is 5.97 Å². The highest BCUT2D eigenvalue weighted by atomic mass is 16.5. The van der Waals surface area contributed by atoms with E-state index in [9.17, 15) is 9.59 Å². The molecular weight excluding hydrogens is 186 g/mol. The van der Waals surface area contributed by atoms with Crippen molar-refractivity contribution in [1.82, 2.24) is 0 Å². The van der Waals surface area contributed by atoms with Gasteiger partial charge in [-0.1, -0.05) is 0 Å². The number of carbonyl (C=O) groups excluding carboxylic acids is 1. The third-order valence-electron chi connectivity index (χ3n) is 2.93. The molecule has 1 saturated heterocycles. The molecule has 0 aromatic rings. The molecule has 3 N–H and O–H groups in total. The summed E-state index contributed by atoms with van der Waals surface area (Å²) in [5.41, 5.74) is 3.63. The molecule has 0 aromatic carbocycles. The molecule has 1 fully saturated rings. The van der Waals surface area contributed by atoms with Crippen LogP contribution in [0.2, 0.25) is 0 Å². The van der Waals surface area contributed by atoms with Crippen molar-refractivity contribution in [3.8, 4) is 0 Å². The van der Waals surface area contributed by atoms with Crippen LogP contribution in [0.4, 0.5) is 0 Å². The van der Waals surface area contributed by atoms with Crippen LogP contribution in [0.3, 0.4) is 0 Å². The highest BCUT2D eigenvalue weighted by Gasteiger charge is 2.47. The van der Waals surface area contributed by atoms with Crippen molar-refractivity contribution >= 4 is 11.9 Å². The first-order valence-corrected chi connectivity index (χ1v) is 4.60. The lowest BCUT2D eigenvalue weighted by molar-refractivity contribution is -0.161. The minimum absolute atomic E-state index is 0.297. The molecule has 1 amide bonds. The van der Waals surface area contributed by atoms with Crippen LogP contribution >= 0.6 is 0 Å². The van der Waals surface area contributed by atoms with Crippen molar-refractivity contribution in [1.29, 1.82) is 0 Å². The van der Waals surface area contributed by atoms with Crippen LogP contribution in [0.5, 0.6) is 0 Å². The van der Waals surface area contributed by atoms with Crippen LogP contribution < -0.4 is 5.73 Å². The largest absolute Gasteiger partial charge is 0.480 e. The van der Waals surface area contributed by atoms with Gasteiger partial charge in [0.05, 0.1) is 6.61 Å². The first-order chi connectivity index (χ1) is 6.49. The Morgan fingerprint density at radius 3 is 2.57 bits per heavy atom. The van der Waals surface area contributed by atoms with E-state index in [4.69, 9.17) is 15.6 Å². The van der Waals surface area contributed by atoms with E-state index in [2.05, 4.69) is 0 Å². The van der Waals surface area contributed by atoms with E-state index in [0.29, 0.717) is 19.6 Å². The maximum absolute atomic E-state index is 11.1. The zero-order chi connectivity index (χ0) is 10.8. The topological polar surface area (TPSA) is 89.6 Å². The van der Waals surface area contributed by atoms with E-state index < -0.39 is 17.3 Å². The third kappa shape index (κ3) is 1.72. The molecule has 2 unspecified atom stereocenters. The Morgan fingerprint density at radius 2 is 2.21 bits per heavy atom. The number of aliphatic carboxylic acids is 1. The molecule has 0 aromatic heterocycles. The first kappa shape index (κ1) is 11.0. The molecule has 5 nitrogen and oxygen atoms in total. The number of carboxylic acid groups (broad SMARTS) is 1. The van der Waals surface area contributed by atoms with Gasteiger partial charge in [-0.05, 0) is 19.8 Å². The molecule has 1 aliphatic rings. The lowest BCUT2D eigenvalue weighted by Gasteiger charge is -2.33. The second-order valence-corrected chi connectivity index (χ2v) is 3.79. The normalized spacial score (nSPS) is 26.5. The van der Waals surface area contributed by atoms with E-state index in [1.807, 2.05) is 0 Å². The summed E-state index contributed by atoms with van der Waals surface area (Å²) in [7, 11) is 0. The maximum Gasteiger partial charge on any atom is 0.319 e. The second kappa shape index (κ2) is 3.96. The number of primary amides is 1. The van der Waals surface area contributed by atoms with Crippen molar-refractivity contribution in [3.63, 3.8) is 0 Å². The number of carbonyl (C=O) groups is 2. The fourth-order valence-corrected chi connectivity index (χ4v) is 1.68. The number of nitrogens with two attached hydrogens (primary N) is 1. The number of hydrogen-bond acceptors (Lipinski definition) is 3. The van der Waals surface area contributed by atoms with E-state index in [0.717, 1.165) is 6.42 Å². The van der Waals surface area contributed by atoms with Crippen LogP contribution in [0.1, 0.15) is 19.8 Å². The first-order valence-electron chi connectivity index (χ1n) is 4.60. The number of carboxylic acids is 1. The Hall–Kier alpha value is -1.10. The highest BCUT2D eigenvalue weighted by molar-refractivity contribution is 6.01. The predicted octanol–water partition coefficient (Wildman–Crippen LogP) is -0.0108. The molecule has 0 spiro atoms. The SMILES string of the molecule is CC(C(N)=O)(C(=O)O)C1CCCOC1. The van der Waals surface area contributed by atoms with Gasteiger partial charge in [-0.25, -0.2) is 0 Å². The summed E-state index contributed by atoms with van der Waals surface area (Å²) in [5.74, 6) is -2.27. The van der Waals surface area contributed by atoms with Crippen LogP contribution in [0.25, 0.3) is 0 Å². The van der Waals surface area contributed by atoms with Gasteiger partial charge in [-0.2, -0.15) is 0 Å². The molecule has 2 atom stereocenters. The number of rotatable bonds is 3. The smallest absolute Gasteiger partial charge is 0.319 e. The van der Waals surface area contributed by atoms with Crippen molar-refractivity contribution in [2.24, 2.45) is 17.1 Å². The minimum Gasteiger partial charge on any atom is -0.480 e. The number of amides is 1. The Kier molecular flexibility index (Phi) is 3.10. The van der Waals surface area contributed by atoms with Gasteiger partial charge in [-0.3, -0.25) is 9.59 Å². The van der Waals surface area contributed by atoms with Gasteiger partial charge in [-0.15, -0.1) is 0 Å². The summed E-state index contributed by atoms with van der Waals surface area (Å²) in [6, 6.07) is 0. The van der Waals surface area contributed by atoms with Crippen molar-refractivity contribution in [2.75, 3.05) is 13.2 Å². The Bertz CT molecular complexity index is 231. The van der Waals surface area contributed by atoms with E-state index in [-0.39, 0.29) is 5.92 Å². The molecule has 0 bridgehead atoms. The van der Waals surface area contributed by atoms with E-state index in [1.54, 1.807) is 0 Å². The molecule has 0 aliphatic carbocycles. The van der Waals surface area contributed by atoms with Gasteiger partial charge in [0.25, 0.3) is 0 Å². The summed E-state index contributed by atoms with van der Waals surface area (Å²) < 4.78 is 5.16. The molecule has 1 rings (SSSR count). The van der Waals surface area contributed by atoms with E-state index >= 15 is 0 Å². The Morgan fingerprint density at radius 1 is 1.57 bits per heavy atom. The molecule has 0 radical (unpaired) electrons. The average molecular weight is 201 g/mol. The third-order valence-corrected chi connectivity index (χ3v) is 2.93. The summed E-state index contributed by atoms with van der Waals surface area (Å²) in [6.07, 6.45) is 1.45. The molecule has 1 aliphatic heterocycles. The van der Waals surface area contributed by atoms with Gasteiger partial charge < -0.3 is 15.6 Å². The van der Waals surface area contributed by atoms with Crippen LogP contribution in [-0.2, 0) is 14.3 Å². The van der Waals surface area contributed by atoms with E-state index in [1.165, 1.54) is 6.92 Å². The quantitative estimate of drug-likeness (QED) is 0.628. The van der Waals surface area contributed by atoms with Crippen LogP contribution in [-0.4, -0.2) is 30.2 Å². The Labute approximate surface area is 82.2 Å². The number of hydrogen-bond donors (Lipinski definition) is 2. The van der Waals surface area contributed by atoms with Gasteiger partial charge in [0, 0.05) is 12.5 Å². The molecule has 1 heterocycles. The zero-order valence-corrected chi connectivity index (χ0v) is 8.16.